The summed E-state index contributed by atoms with van der Waals surface area (Å²) in [6.45, 7) is 2.82. The van der Waals surface area contributed by atoms with Crippen molar-refractivity contribution >= 4 is 17.7 Å². The summed E-state index contributed by atoms with van der Waals surface area (Å²) in [5.41, 5.74) is 2.14. The van der Waals surface area contributed by atoms with Crippen LogP contribution in [0.4, 0.5) is 0 Å². The number of amides is 1. The highest BCUT2D eigenvalue weighted by Gasteiger charge is 2.26. The first-order valence-electron chi connectivity index (χ1n) is 10.5. The van der Waals surface area contributed by atoms with Gasteiger partial charge in [-0.2, -0.15) is 0 Å². The van der Waals surface area contributed by atoms with Crippen LogP contribution in [-0.2, 0) is 11.3 Å². The smallest absolute Gasteiger partial charge is 0.238 e. The van der Waals surface area contributed by atoms with Crippen molar-refractivity contribution in [1.29, 1.82) is 0 Å². The molecule has 1 aliphatic heterocycles. The van der Waals surface area contributed by atoms with Crippen LogP contribution in [0.3, 0.4) is 0 Å². The van der Waals surface area contributed by atoms with E-state index in [4.69, 9.17) is 0 Å². The molecule has 0 saturated carbocycles. The number of carbonyl (C=O) groups is 1. The highest BCUT2D eigenvalue weighted by atomic mass is 32.2. The molecular weight excluding hydrogens is 390 g/mol. The van der Waals surface area contributed by atoms with Crippen LogP contribution >= 0.6 is 11.8 Å². The number of piperidine rings is 1. The summed E-state index contributed by atoms with van der Waals surface area (Å²) in [6, 6.07) is 26.5. The van der Waals surface area contributed by atoms with Gasteiger partial charge >= 0.3 is 0 Å². The normalized spacial score (nSPS) is 16.1. The number of pyridine rings is 1. The largest absolute Gasteiger partial charge is 0.352 e. The fourth-order valence-electron chi connectivity index (χ4n) is 3.77. The minimum Gasteiger partial charge on any atom is -0.352 e. The first-order valence-corrected chi connectivity index (χ1v) is 11.4. The minimum atomic E-state index is -0.250. The van der Waals surface area contributed by atoms with Crippen molar-refractivity contribution in [3.63, 3.8) is 0 Å². The van der Waals surface area contributed by atoms with Crippen LogP contribution in [0.5, 0.6) is 0 Å². The Balaban J connectivity index is 1.36. The van der Waals surface area contributed by atoms with Crippen molar-refractivity contribution in [2.45, 2.75) is 35.6 Å². The van der Waals surface area contributed by atoms with Gasteiger partial charge < -0.3 is 5.32 Å². The molecule has 1 atom stereocenters. The maximum absolute atomic E-state index is 13.2. The standard InChI is InChI=1S/C25H27N3OS/c29-25(24(20-9-3-1-4-10-20)30-23-12-5-2-6-13-23)27-21-14-17-28(18-15-21)19-22-11-7-8-16-26-22/h1-13,16,21,24H,14-15,17-19H2,(H,27,29). The van der Waals surface area contributed by atoms with E-state index in [1.807, 2.05) is 66.9 Å². The third kappa shape index (κ3) is 5.71. The summed E-state index contributed by atoms with van der Waals surface area (Å²) < 4.78 is 0. The maximum atomic E-state index is 13.2. The van der Waals surface area contributed by atoms with Crippen LogP contribution in [-0.4, -0.2) is 34.9 Å². The Hall–Kier alpha value is -2.63. The molecule has 4 rings (SSSR count). The number of nitrogens with one attached hydrogen (secondary N) is 1. The zero-order chi connectivity index (χ0) is 20.6. The van der Waals surface area contributed by atoms with E-state index in [9.17, 15) is 4.79 Å². The number of aromatic nitrogens is 1. The fraction of sp³-hybridized carbons (Fsp3) is 0.280. The predicted octanol–water partition coefficient (Wildman–Crippen LogP) is 4.70. The molecule has 30 heavy (non-hydrogen) atoms. The summed E-state index contributed by atoms with van der Waals surface area (Å²) in [5, 5.41) is 3.07. The molecule has 2 heterocycles. The third-order valence-electron chi connectivity index (χ3n) is 5.38. The zero-order valence-corrected chi connectivity index (χ0v) is 17.8. The SMILES string of the molecule is O=C(NC1CCN(Cc2ccccn2)CC1)C(Sc1ccccc1)c1ccccc1. The molecule has 0 radical (unpaired) electrons. The average Bonchev–Trinajstić information content (AvgIpc) is 2.81. The lowest BCUT2D eigenvalue weighted by Gasteiger charge is -2.33. The van der Waals surface area contributed by atoms with Gasteiger partial charge in [-0.1, -0.05) is 54.6 Å². The van der Waals surface area contributed by atoms with E-state index in [-0.39, 0.29) is 17.2 Å². The molecule has 1 N–H and O–H groups in total. The van der Waals surface area contributed by atoms with E-state index in [1.165, 1.54) is 0 Å². The summed E-state index contributed by atoms with van der Waals surface area (Å²) in [6.07, 6.45) is 3.78. The number of likely N-dealkylation sites (tertiary alicyclic amines) is 1. The fourth-order valence-corrected chi connectivity index (χ4v) is 4.82. The van der Waals surface area contributed by atoms with Crippen LogP contribution in [0.25, 0.3) is 0 Å². The van der Waals surface area contributed by atoms with E-state index < -0.39 is 0 Å². The molecular formula is C25H27N3OS. The highest BCUT2D eigenvalue weighted by Crippen LogP contribution is 2.35. The Morgan fingerprint density at radius 2 is 1.63 bits per heavy atom. The lowest BCUT2D eigenvalue weighted by molar-refractivity contribution is -0.121. The topological polar surface area (TPSA) is 45.2 Å². The molecule has 1 saturated heterocycles. The van der Waals surface area contributed by atoms with Gasteiger partial charge in [0.2, 0.25) is 5.91 Å². The molecule has 1 aliphatic rings. The van der Waals surface area contributed by atoms with E-state index in [0.29, 0.717) is 0 Å². The van der Waals surface area contributed by atoms with Crippen LogP contribution in [0, 0.1) is 0 Å². The van der Waals surface area contributed by atoms with Crippen LogP contribution < -0.4 is 5.32 Å². The second-order valence-corrected chi connectivity index (χ2v) is 8.78. The molecule has 0 bridgehead atoms. The molecule has 1 aromatic heterocycles. The maximum Gasteiger partial charge on any atom is 0.238 e. The van der Waals surface area contributed by atoms with Crippen molar-refractivity contribution in [3.05, 3.63) is 96.3 Å². The molecule has 3 aromatic rings. The van der Waals surface area contributed by atoms with Gasteiger partial charge in [-0.25, -0.2) is 0 Å². The molecule has 0 aliphatic carbocycles. The number of hydrogen-bond donors (Lipinski definition) is 1. The minimum absolute atomic E-state index is 0.0956. The third-order valence-corrected chi connectivity index (χ3v) is 6.65. The Labute approximate surface area is 182 Å². The van der Waals surface area contributed by atoms with Crippen molar-refractivity contribution in [2.75, 3.05) is 13.1 Å². The first-order chi connectivity index (χ1) is 14.8. The number of rotatable bonds is 7. The lowest BCUT2D eigenvalue weighted by atomic mass is 10.0. The average molecular weight is 418 g/mol. The number of carbonyl (C=O) groups excluding carboxylic acids is 1. The van der Waals surface area contributed by atoms with Gasteiger partial charge in [0.05, 0.1) is 5.69 Å². The second-order valence-electron chi connectivity index (χ2n) is 7.60. The molecule has 154 valence electrons. The molecule has 4 nitrogen and oxygen atoms in total. The Kier molecular flexibility index (Phi) is 7.16. The molecule has 1 amide bonds. The Morgan fingerprint density at radius 1 is 0.967 bits per heavy atom. The molecule has 5 heteroatoms. The van der Waals surface area contributed by atoms with Crippen molar-refractivity contribution in [3.8, 4) is 0 Å². The number of thioether (sulfide) groups is 1. The van der Waals surface area contributed by atoms with Crippen molar-refractivity contribution < 1.29 is 4.79 Å². The molecule has 1 unspecified atom stereocenters. The summed E-state index contributed by atoms with van der Waals surface area (Å²) in [7, 11) is 0. The summed E-state index contributed by atoms with van der Waals surface area (Å²) >= 11 is 1.61. The number of nitrogens with zero attached hydrogens (tertiary/aromatic N) is 2. The summed E-state index contributed by atoms with van der Waals surface area (Å²) in [5.74, 6) is 0.0956. The van der Waals surface area contributed by atoms with Gasteiger partial charge in [0.25, 0.3) is 0 Å². The highest BCUT2D eigenvalue weighted by molar-refractivity contribution is 8.00. The van der Waals surface area contributed by atoms with Crippen LogP contribution in [0.1, 0.15) is 29.3 Å². The van der Waals surface area contributed by atoms with E-state index >= 15 is 0 Å². The predicted molar refractivity (Wildman–Crippen MR) is 122 cm³/mol. The molecule has 2 aromatic carbocycles. The molecule has 1 fully saturated rings. The van der Waals surface area contributed by atoms with E-state index in [2.05, 4.69) is 33.4 Å². The van der Waals surface area contributed by atoms with Gasteiger partial charge in [-0.05, 0) is 42.7 Å². The quantitative estimate of drug-likeness (QED) is 0.566. The van der Waals surface area contributed by atoms with Crippen LogP contribution in [0.2, 0.25) is 0 Å². The second kappa shape index (κ2) is 10.4. The summed E-state index contributed by atoms with van der Waals surface area (Å²) in [4.78, 5) is 21.2. The Bertz CT molecular complexity index is 913. The van der Waals surface area contributed by atoms with Crippen molar-refractivity contribution in [2.24, 2.45) is 0 Å². The lowest BCUT2D eigenvalue weighted by Crippen LogP contribution is -2.45. The number of hydrogen-bond acceptors (Lipinski definition) is 4. The van der Waals surface area contributed by atoms with Crippen molar-refractivity contribution in [1.82, 2.24) is 15.2 Å². The monoisotopic (exact) mass is 417 g/mol. The van der Waals surface area contributed by atoms with Gasteiger partial charge in [0.15, 0.2) is 0 Å². The van der Waals surface area contributed by atoms with Crippen LogP contribution in [0.15, 0.2) is 90.0 Å². The first kappa shape index (κ1) is 20.6. The van der Waals surface area contributed by atoms with Gasteiger partial charge in [-0.3, -0.25) is 14.7 Å². The van der Waals surface area contributed by atoms with Gasteiger partial charge in [0, 0.05) is 36.8 Å². The Morgan fingerprint density at radius 3 is 2.30 bits per heavy atom. The van der Waals surface area contributed by atoms with Gasteiger partial charge in [0.1, 0.15) is 5.25 Å². The molecule has 0 spiro atoms. The number of benzene rings is 2. The van der Waals surface area contributed by atoms with E-state index in [1.54, 1.807) is 11.8 Å². The van der Waals surface area contributed by atoms with Gasteiger partial charge in [-0.15, -0.1) is 11.8 Å². The zero-order valence-electron chi connectivity index (χ0n) is 17.0. The van der Waals surface area contributed by atoms with E-state index in [0.717, 1.165) is 48.6 Å².